The zero-order chi connectivity index (χ0) is 23.1. The first kappa shape index (κ1) is 23.9. The highest BCUT2D eigenvalue weighted by Gasteiger charge is 2.27. The molecular formula is C24H30N2O5S. The van der Waals surface area contributed by atoms with Gasteiger partial charge in [0.05, 0.1) is 11.3 Å². The third-order valence-corrected chi connectivity index (χ3v) is 7.65. The van der Waals surface area contributed by atoms with Crippen LogP contribution in [0.2, 0.25) is 0 Å². The second kappa shape index (κ2) is 10.7. The Kier molecular flexibility index (Phi) is 8.04. The summed E-state index contributed by atoms with van der Waals surface area (Å²) >= 11 is 0. The molecule has 2 aromatic carbocycles. The number of hydrogen-bond acceptors (Lipinski definition) is 5. The maximum atomic E-state index is 13.0. The van der Waals surface area contributed by atoms with Crippen molar-refractivity contribution in [2.75, 3.05) is 25.0 Å². The lowest BCUT2D eigenvalue weighted by atomic mass is 9.98. The van der Waals surface area contributed by atoms with E-state index in [0.717, 1.165) is 24.8 Å². The molecule has 0 aromatic heterocycles. The number of sulfonamides is 1. The fourth-order valence-corrected chi connectivity index (χ4v) is 5.52. The summed E-state index contributed by atoms with van der Waals surface area (Å²) in [6, 6.07) is 14.4. The molecule has 1 aliphatic heterocycles. The minimum Gasteiger partial charge on any atom is -0.456 e. The van der Waals surface area contributed by atoms with E-state index in [-0.39, 0.29) is 17.2 Å². The quantitative estimate of drug-likeness (QED) is 0.607. The molecule has 0 aliphatic carbocycles. The zero-order valence-electron chi connectivity index (χ0n) is 18.5. The molecule has 8 heteroatoms. The molecule has 0 saturated carbocycles. The van der Waals surface area contributed by atoms with Gasteiger partial charge in [-0.2, -0.15) is 4.31 Å². The minimum atomic E-state index is -3.62. The maximum Gasteiger partial charge on any atom is 0.306 e. The van der Waals surface area contributed by atoms with E-state index in [1.165, 1.54) is 10.4 Å². The van der Waals surface area contributed by atoms with E-state index >= 15 is 0 Å². The highest BCUT2D eigenvalue weighted by atomic mass is 32.2. The van der Waals surface area contributed by atoms with Gasteiger partial charge in [-0.05, 0) is 48.9 Å². The van der Waals surface area contributed by atoms with E-state index in [1.54, 1.807) is 19.1 Å². The third-order valence-electron chi connectivity index (χ3n) is 5.61. The summed E-state index contributed by atoms with van der Waals surface area (Å²) in [4.78, 5) is 24.6. The van der Waals surface area contributed by atoms with Crippen LogP contribution in [0, 0.1) is 6.92 Å². The van der Waals surface area contributed by atoms with Gasteiger partial charge in [-0.15, -0.1) is 0 Å². The van der Waals surface area contributed by atoms with Crippen molar-refractivity contribution < 1.29 is 22.7 Å². The van der Waals surface area contributed by atoms with Crippen molar-refractivity contribution in [3.05, 3.63) is 59.7 Å². The number of carbonyl (C=O) groups is 2. The molecule has 2 aromatic rings. The zero-order valence-corrected chi connectivity index (χ0v) is 19.4. The highest BCUT2D eigenvalue weighted by Crippen LogP contribution is 2.26. The lowest BCUT2D eigenvalue weighted by molar-refractivity contribution is -0.147. The number of ether oxygens (including phenoxy) is 1. The van der Waals surface area contributed by atoms with Gasteiger partial charge in [0.15, 0.2) is 6.61 Å². The number of benzene rings is 2. The van der Waals surface area contributed by atoms with Gasteiger partial charge in [0, 0.05) is 18.8 Å². The van der Waals surface area contributed by atoms with E-state index < -0.39 is 28.5 Å². The second-order valence-electron chi connectivity index (χ2n) is 8.17. The molecule has 1 atom stereocenters. The van der Waals surface area contributed by atoms with Crippen molar-refractivity contribution >= 4 is 27.6 Å². The van der Waals surface area contributed by atoms with Crippen molar-refractivity contribution in [3.63, 3.8) is 0 Å². The molecule has 1 fully saturated rings. The Hall–Kier alpha value is -2.71. The van der Waals surface area contributed by atoms with Crippen LogP contribution in [0.1, 0.15) is 49.7 Å². The van der Waals surface area contributed by atoms with Gasteiger partial charge in [-0.25, -0.2) is 8.42 Å². The Bertz CT molecular complexity index is 1050. The van der Waals surface area contributed by atoms with Crippen LogP contribution in [0.5, 0.6) is 0 Å². The van der Waals surface area contributed by atoms with Gasteiger partial charge in [-0.1, -0.05) is 49.7 Å². The average Bonchev–Trinajstić information content (AvgIpc) is 2.80. The number of anilines is 1. The van der Waals surface area contributed by atoms with Crippen molar-refractivity contribution in [1.29, 1.82) is 0 Å². The summed E-state index contributed by atoms with van der Waals surface area (Å²) < 4.78 is 32.7. The Balaban J connectivity index is 1.57. The number of aryl methyl sites for hydroxylation is 1. The Labute approximate surface area is 189 Å². The summed E-state index contributed by atoms with van der Waals surface area (Å²) in [7, 11) is -3.62. The summed E-state index contributed by atoms with van der Waals surface area (Å²) in [5, 5.41) is 2.63. The van der Waals surface area contributed by atoms with Crippen LogP contribution < -0.4 is 5.32 Å². The van der Waals surface area contributed by atoms with Crippen LogP contribution in [0.25, 0.3) is 0 Å². The van der Waals surface area contributed by atoms with Gasteiger partial charge < -0.3 is 10.1 Å². The Morgan fingerprint density at radius 3 is 2.44 bits per heavy atom. The first-order valence-corrected chi connectivity index (χ1v) is 12.3. The lowest BCUT2D eigenvalue weighted by Crippen LogP contribution is -2.36. The molecule has 1 heterocycles. The van der Waals surface area contributed by atoms with Crippen LogP contribution in [-0.2, 0) is 24.3 Å². The predicted octanol–water partition coefficient (Wildman–Crippen LogP) is 3.85. The Morgan fingerprint density at radius 1 is 1.06 bits per heavy atom. The fourth-order valence-electron chi connectivity index (χ4n) is 3.75. The molecule has 1 N–H and O–H groups in total. The molecule has 1 amide bonds. The molecule has 1 aliphatic rings. The number of amides is 1. The highest BCUT2D eigenvalue weighted by molar-refractivity contribution is 7.89. The van der Waals surface area contributed by atoms with E-state index in [2.05, 4.69) is 5.32 Å². The van der Waals surface area contributed by atoms with E-state index in [9.17, 15) is 18.0 Å². The van der Waals surface area contributed by atoms with Gasteiger partial charge >= 0.3 is 5.97 Å². The van der Waals surface area contributed by atoms with Gasteiger partial charge in [0.2, 0.25) is 10.0 Å². The smallest absolute Gasteiger partial charge is 0.306 e. The van der Waals surface area contributed by atoms with Crippen molar-refractivity contribution in [1.82, 2.24) is 4.31 Å². The summed E-state index contributed by atoms with van der Waals surface area (Å²) in [6.07, 6.45) is 2.90. The first-order chi connectivity index (χ1) is 15.3. The lowest BCUT2D eigenvalue weighted by Gasteiger charge is -2.26. The molecule has 0 bridgehead atoms. The van der Waals surface area contributed by atoms with Crippen molar-refractivity contribution in [2.24, 2.45) is 0 Å². The van der Waals surface area contributed by atoms with Crippen LogP contribution in [-0.4, -0.2) is 44.3 Å². The summed E-state index contributed by atoms with van der Waals surface area (Å²) in [5.74, 6) is -1.00. The number of esters is 1. The molecule has 32 heavy (non-hydrogen) atoms. The first-order valence-electron chi connectivity index (χ1n) is 10.9. The molecule has 0 spiro atoms. The topological polar surface area (TPSA) is 92.8 Å². The maximum absolute atomic E-state index is 13.0. The molecule has 7 nitrogen and oxygen atoms in total. The van der Waals surface area contributed by atoms with Gasteiger partial charge in [-0.3, -0.25) is 9.59 Å². The van der Waals surface area contributed by atoms with Gasteiger partial charge in [0.25, 0.3) is 5.91 Å². The molecule has 1 saturated heterocycles. The number of hydrogen-bond donors (Lipinski definition) is 1. The standard InChI is InChI=1S/C24H30N2O5S/c1-18-11-12-21(16-22(18)32(29,30)26-13-7-4-8-14-26)25-23(27)17-31-24(28)15-19(2)20-9-5-3-6-10-20/h3,5-6,9-12,16,19H,4,7-8,13-15,17H2,1-2H3,(H,25,27)/t19-/m1/s1. The number of piperidine rings is 1. The second-order valence-corrected chi connectivity index (χ2v) is 10.1. The number of nitrogens with zero attached hydrogens (tertiary/aromatic N) is 1. The average molecular weight is 459 g/mol. The van der Waals surface area contributed by atoms with Gasteiger partial charge in [0.1, 0.15) is 0 Å². The molecule has 0 radical (unpaired) electrons. The Morgan fingerprint density at radius 2 is 1.75 bits per heavy atom. The van der Waals surface area contributed by atoms with Crippen molar-refractivity contribution in [3.8, 4) is 0 Å². The predicted molar refractivity (Wildman–Crippen MR) is 123 cm³/mol. The minimum absolute atomic E-state index is 0.0218. The van der Waals surface area contributed by atoms with E-state index in [0.29, 0.717) is 24.3 Å². The number of carbonyl (C=O) groups excluding carboxylic acids is 2. The largest absolute Gasteiger partial charge is 0.456 e. The molecule has 172 valence electrons. The molecule has 0 unspecified atom stereocenters. The molecular weight excluding hydrogens is 428 g/mol. The van der Waals surface area contributed by atoms with Crippen LogP contribution >= 0.6 is 0 Å². The number of nitrogens with one attached hydrogen (secondary N) is 1. The fraction of sp³-hybridized carbons (Fsp3) is 0.417. The monoisotopic (exact) mass is 458 g/mol. The summed E-state index contributed by atoms with van der Waals surface area (Å²) in [5.41, 5.74) is 2.00. The van der Waals surface area contributed by atoms with E-state index in [4.69, 9.17) is 4.74 Å². The number of rotatable bonds is 8. The molecule has 3 rings (SSSR count). The van der Waals surface area contributed by atoms with Crippen molar-refractivity contribution in [2.45, 2.75) is 50.3 Å². The van der Waals surface area contributed by atoms with Crippen LogP contribution in [0.15, 0.2) is 53.4 Å². The third kappa shape index (κ3) is 6.17. The van der Waals surface area contributed by atoms with E-state index in [1.807, 2.05) is 37.3 Å². The SMILES string of the molecule is Cc1ccc(NC(=O)COC(=O)C[C@@H](C)c2ccccc2)cc1S(=O)(=O)N1CCCCC1. The van der Waals surface area contributed by atoms with Crippen LogP contribution in [0.3, 0.4) is 0 Å². The summed E-state index contributed by atoms with van der Waals surface area (Å²) in [6.45, 7) is 4.25. The normalized spacial score (nSPS) is 15.7. The van der Waals surface area contributed by atoms with Crippen LogP contribution in [0.4, 0.5) is 5.69 Å².